The van der Waals surface area contributed by atoms with E-state index in [0.29, 0.717) is 22.9 Å². The normalized spacial score (nSPS) is 18.4. The number of benzene rings is 9. The Hall–Kier alpha value is -7.98. The van der Waals surface area contributed by atoms with Crippen LogP contribution in [0.15, 0.2) is 206 Å². The Kier molecular flexibility index (Phi) is 9.77. The van der Waals surface area contributed by atoms with Gasteiger partial charge in [-0.3, -0.25) is 0 Å². The molecule has 5 nitrogen and oxygen atoms in total. The topological polar surface area (TPSA) is 33.5 Å². The molecular formula is C69H51N4OPt-3. The van der Waals surface area contributed by atoms with Crippen LogP contribution in [0.4, 0.5) is 22.7 Å². The van der Waals surface area contributed by atoms with E-state index < -0.39 is 6.85 Å². The minimum absolute atomic E-state index is 0. The quantitative estimate of drug-likeness (QED) is 0.155. The number of nitrogens with zero attached hydrogens (tertiary/aromatic N) is 4. The van der Waals surface area contributed by atoms with Crippen molar-refractivity contribution in [2.45, 2.75) is 56.7 Å². The van der Waals surface area contributed by atoms with Gasteiger partial charge in [-0.2, -0.15) is 12.1 Å². The molecule has 0 saturated heterocycles. The summed E-state index contributed by atoms with van der Waals surface area (Å²) in [4.78, 5) is 9.47. The van der Waals surface area contributed by atoms with E-state index in [0.717, 1.165) is 50.1 Å². The van der Waals surface area contributed by atoms with E-state index in [4.69, 9.17) is 13.8 Å². The van der Waals surface area contributed by atoms with E-state index in [9.17, 15) is 0 Å². The Morgan fingerprint density at radius 3 is 1.75 bits per heavy atom. The molecule has 0 N–H and O–H groups in total. The molecule has 11 aromatic rings. The van der Waals surface area contributed by atoms with Gasteiger partial charge in [0.05, 0.1) is 0 Å². The van der Waals surface area contributed by atoms with Gasteiger partial charge in [0.2, 0.25) is 0 Å². The zero-order chi connectivity index (χ0) is 51.9. The van der Waals surface area contributed by atoms with E-state index in [1.165, 1.54) is 50.1 Å². The summed E-state index contributed by atoms with van der Waals surface area (Å²) in [6.45, 7) is 6.28. The smallest absolute Gasteiger partial charge is 0.135 e. The molecule has 366 valence electrons. The summed E-state index contributed by atoms with van der Waals surface area (Å²) >= 11 is 0. The average Bonchev–Trinajstić information content (AvgIpc) is 4.13. The molecule has 18 rings (SSSR count). The van der Waals surface area contributed by atoms with Crippen molar-refractivity contribution in [3.05, 3.63) is 281 Å². The van der Waals surface area contributed by atoms with Crippen molar-refractivity contribution < 1.29 is 29.9 Å². The van der Waals surface area contributed by atoms with Crippen molar-refractivity contribution in [1.29, 1.82) is 0 Å². The third-order valence-corrected chi connectivity index (χ3v) is 16.3. The number of rotatable bonds is 6. The molecule has 6 aliphatic carbocycles. The Morgan fingerprint density at radius 1 is 0.533 bits per heavy atom. The number of anilines is 4. The van der Waals surface area contributed by atoms with E-state index in [-0.39, 0.29) is 55.7 Å². The predicted octanol–water partition coefficient (Wildman–Crippen LogP) is 17.1. The number of hydrogen-bond acceptors (Lipinski definition) is 4. The third kappa shape index (κ3) is 7.04. The van der Waals surface area contributed by atoms with Crippen LogP contribution in [0.25, 0.3) is 38.8 Å². The molecule has 1 aliphatic heterocycles. The minimum Gasteiger partial charge on any atom is -0.509 e. The predicted molar refractivity (Wildman–Crippen MR) is 300 cm³/mol. The molecule has 7 aliphatic rings. The summed E-state index contributed by atoms with van der Waals surface area (Å²) in [6, 6.07) is 78.4. The van der Waals surface area contributed by atoms with Crippen LogP contribution < -0.4 is 14.5 Å². The molecule has 0 spiro atoms. The van der Waals surface area contributed by atoms with Crippen molar-refractivity contribution in [1.82, 2.24) is 9.55 Å². The summed E-state index contributed by atoms with van der Waals surface area (Å²) in [6.07, 6.45) is 1.69. The van der Waals surface area contributed by atoms with Crippen LogP contribution >= 0.6 is 0 Å². The molecule has 0 fully saturated rings. The van der Waals surface area contributed by atoms with E-state index in [1.54, 1.807) is 12.3 Å². The number of pyridine rings is 1. The van der Waals surface area contributed by atoms with Crippen molar-refractivity contribution in [2.75, 3.05) is 9.80 Å². The first-order chi connectivity index (χ1) is 37.5. The van der Waals surface area contributed by atoms with Crippen LogP contribution in [0.5, 0.6) is 11.5 Å². The Labute approximate surface area is 457 Å². The average molecular weight is 1150 g/mol. The number of aromatic nitrogens is 2. The van der Waals surface area contributed by atoms with Crippen molar-refractivity contribution in [2.24, 2.45) is 0 Å². The molecule has 0 radical (unpaired) electrons. The summed E-state index contributed by atoms with van der Waals surface area (Å²) in [5, 5.41) is 1.94. The molecular weight excluding hydrogens is 1100 g/mol. The molecule has 4 bridgehead atoms. The Bertz CT molecular complexity index is 4170. The molecule has 75 heavy (non-hydrogen) atoms. The zero-order valence-electron chi connectivity index (χ0n) is 44.5. The maximum absolute atomic E-state index is 8.68. The maximum Gasteiger partial charge on any atom is 0.135 e. The molecule has 2 atom stereocenters. The maximum atomic E-state index is 8.68. The van der Waals surface area contributed by atoms with Crippen molar-refractivity contribution in [3.63, 3.8) is 0 Å². The van der Waals surface area contributed by atoms with Gasteiger partial charge in [0.1, 0.15) is 5.82 Å². The van der Waals surface area contributed by atoms with Crippen LogP contribution in [-0.2, 0) is 26.5 Å². The van der Waals surface area contributed by atoms with E-state index >= 15 is 0 Å². The molecule has 2 aromatic heterocycles. The van der Waals surface area contributed by atoms with Crippen LogP contribution in [-0.4, -0.2) is 9.55 Å². The fourth-order valence-corrected chi connectivity index (χ4v) is 13.0. The van der Waals surface area contributed by atoms with Crippen LogP contribution in [0.1, 0.15) is 104 Å². The summed E-state index contributed by atoms with van der Waals surface area (Å²) < 4.78 is 34.7. The van der Waals surface area contributed by atoms with Gasteiger partial charge < -0.3 is 19.1 Å². The van der Waals surface area contributed by atoms with Crippen LogP contribution in [0, 0.1) is 25.7 Å². The van der Waals surface area contributed by atoms with Gasteiger partial charge in [-0.1, -0.05) is 160 Å². The molecule has 0 amide bonds. The van der Waals surface area contributed by atoms with Gasteiger partial charge in [0.15, 0.2) is 0 Å². The molecule has 0 saturated carbocycles. The minimum atomic E-state index is -2.40. The second-order valence-electron chi connectivity index (χ2n) is 21.3. The zero-order valence-corrected chi connectivity index (χ0v) is 43.8. The van der Waals surface area contributed by atoms with Gasteiger partial charge in [0, 0.05) is 94.7 Å². The first kappa shape index (κ1) is 42.4. The number of fused-ring (bicyclic) bond motifs is 4. The standard InChI is InChI=1S/C69H51N4O.Pt/c1-42-36-64(70-40-59(42)43-28-30-44(31-29-43)69(2,3)4)73-60-25-12-11-18-49(60)50-35-33-48(39-63(50)73)74-47-17-15-16-45(37-47)71-41-72(62-27-14-13-26-61(62)71)46-32-34-57-58(38-46)68-56-24-10-9-23-55(56)67(57)65-51-19-5-7-21-53(51)66(68)54-22-8-6-20-52(54)65;/h5-36,38,40-41,65-68H,1-4H3;/q-3;/i1D3;. The largest absolute Gasteiger partial charge is 0.509 e. The molecule has 2 unspecified atom stereocenters. The fraction of sp³-hybridized carbons (Fsp3) is 0.130. The van der Waals surface area contributed by atoms with Crippen molar-refractivity contribution >= 4 is 44.6 Å². The number of hydrogen-bond donors (Lipinski definition) is 0. The first-order valence-corrected chi connectivity index (χ1v) is 25.7. The third-order valence-electron chi connectivity index (χ3n) is 16.3. The number of para-hydroxylation sites is 3. The van der Waals surface area contributed by atoms with Gasteiger partial charge in [-0.25, -0.2) is 4.98 Å². The summed E-state index contributed by atoms with van der Waals surface area (Å²) in [5.41, 5.74) is 19.9. The fourth-order valence-electron chi connectivity index (χ4n) is 13.0. The second kappa shape index (κ2) is 17.3. The monoisotopic (exact) mass is 1150 g/mol. The second-order valence-corrected chi connectivity index (χ2v) is 21.3. The van der Waals surface area contributed by atoms with Gasteiger partial charge in [0.25, 0.3) is 0 Å². The first-order valence-electron chi connectivity index (χ1n) is 27.2. The molecule has 3 heterocycles. The van der Waals surface area contributed by atoms with E-state index in [1.807, 2.05) is 59.2 Å². The van der Waals surface area contributed by atoms with Crippen molar-refractivity contribution in [3.8, 4) is 28.4 Å². The van der Waals surface area contributed by atoms with E-state index in [2.05, 4.69) is 189 Å². The Balaban J connectivity index is 0.00000552. The molecule has 9 aromatic carbocycles. The number of ether oxygens (including phenoxy) is 1. The Morgan fingerprint density at radius 2 is 1.11 bits per heavy atom. The van der Waals surface area contributed by atoms with Gasteiger partial charge in [-0.05, 0) is 115 Å². The molecule has 6 heteroatoms. The SMILES string of the molecule is [2H]C([2H])([2H])c1cc(-n2c3[c-]c(Oc4[c-]c(N5[CH-]N(c6ccc7c(c6)C6c8ccccc8C7C7c8ccccc8C6c6ccccc67)c6ccccc65)ccc4)ccc3c3ccccc32)ncc1-c1ccc(C(C)(C)C)cc1.[Pt]. The van der Waals surface area contributed by atoms with Gasteiger partial charge >= 0.3 is 0 Å². The number of aryl methyl sites for hydroxylation is 1. The van der Waals surface area contributed by atoms with Crippen LogP contribution in [0.2, 0.25) is 0 Å². The van der Waals surface area contributed by atoms with Crippen LogP contribution in [0.3, 0.4) is 0 Å². The summed E-state index contributed by atoms with van der Waals surface area (Å²) in [5.74, 6) is 2.21. The van der Waals surface area contributed by atoms with Gasteiger partial charge in [-0.15, -0.1) is 48.1 Å². The summed E-state index contributed by atoms with van der Waals surface area (Å²) in [7, 11) is 0.